The van der Waals surface area contributed by atoms with E-state index < -0.39 is 5.41 Å². The van der Waals surface area contributed by atoms with Crippen LogP contribution >= 0.6 is 0 Å². The maximum Gasteiger partial charge on any atom is 0.311 e. The van der Waals surface area contributed by atoms with E-state index in [4.69, 9.17) is 14.2 Å². The smallest absolute Gasteiger partial charge is 0.311 e. The van der Waals surface area contributed by atoms with Crippen molar-refractivity contribution in [3.8, 4) is 0 Å². The third-order valence-corrected chi connectivity index (χ3v) is 5.20. The van der Waals surface area contributed by atoms with Gasteiger partial charge in [-0.05, 0) is 26.7 Å². The summed E-state index contributed by atoms with van der Waals surface area (Å²) in [4.78, 5) is 23.5. The Morgan fingerprint density at radius 2 is 2.25 bits per heavy atom. The molecule has 3 aliphatic rings. The fourth-order valence-corrected chi connectivity index (χ4v) is 3.34. The van der Waals surface area contributed by atoms with Gasteiger partial charge in [-0.15, -0.1) is 0 Å². The Morgan fingerprint density at radius 3 is 2.75 bits per heavy atom. The normalized spacial score (nSPS) is 39.4. The summed E-state index contributed by atoms with van der Waals surface area (Å²) in [5.74, 6) is -0.296. The third-order valence-electron chi connectivity index (χ3n) is 5.20. The summed E-state index contributed by atoms with van der Waals surface area (Å²) in [5, 5.41) is 0. The number of carbonyl (C=O) groups is 2. The molecule has 3 rings (SSSR count). The van der Waals surface area contributed by atoms with Gasteiger partial charge < -0.3 is 14.2 Å². The minimum absolute atomic E-state index is 0.0125. The number of carbonyl (C=O) groups excluding carboxylic acids is 2. The van der Waals surface area contributed by atoms with E-state index in [1.54, 1.807) is 0 Å². The van der Waals surface area contributed by atoms with Crippen LogP contribution in [0.5, 0.6) is 0 Å². The molecule has 3 heterocycles. The molecule has 0 aliphatic carbocycles. The van der Waals surface area contributed by atoms with Gasteiger partial charge in [-0.25, -0.2) is 0 Å². The van der Waals surface area contributed by atoms with Crippen molar-refractivity contribution in [3.63, 3.8) is 0 Å². The summed E-state index contributed by atoms with van der Waals surface area (Å²) < 4.78 is 16.7. The first-order chi connectivity index (χ1) is 9.36. The van der Waals surface area contributed by atoms with Crippen molar-refractivity contribution >= 4 is 11.9 Å². The van der Waals surface area contributed by atoms with Crippen LogP contribution in [0.25, 0.3) is 0 Å². The molecule has 0 radical (unpaired) electrons. The number of rotatable bonds is 3. The van der Waals surface area contributed by atoms with Gasteiger partial charge in [0.05, 0.1) is 24.0 Å². The molecule has 5 nitrogen and oxygen atoms in total. The van der Waals surface area contributed by atoms with Crippen LogP contribution in [0.4, 0.5) is 0 Å². The van der Waals surface area contributed by atoms with E-state index in [2.05, 4.69) is 0 Å². The Kier molecular flexibility index (Phi) is 3.08. The van der Waals surface area contributed by atoms with Gasteiger partial charge in [0.2, 0.25) is 0 Å². The van der Waals surface area contributed by atoms with Gasteiger partial charge in [0.1, 0.15) is 12.7 Å². The Labute approximate surface area is 118 Å². The van der Waals surface area contributed by atoms with Gasteiger partial charge in [-0.3, -0.25) is 9.59 Å². The van der Waals surface area contributed by atoms with Crippen molar-refractivity contribution in [1.29, 1.82) is 0 Å². The first kappa shape index (κ1) is 13.9. The number of hydrogen-bond acceptors (Lipinski definition) is 5. The number of cyclic esters (lactones) is 1. The minimum Gasteiger partial charge on any atom is -0.465 e. The van der Waals surface area contributed by atoms with Gasteiger partial charge in [0.25, 0.3) is 0 Å². The molecule has 0 N–H and O–H groups in total. The van der Waals surface area contributed by atoms with Crippen LogP contribution in [0.3, 0.4) is 0 Å². The van der Waals surface area contributed by atoms with Crippen molar-refractivity contribution < 1.29 is 23.8 Å². The summed E-state index contributed by atoms with van der Waals surface area (Å²) in [6.07, 6.45) is 2.38. The molecule has 1 spiro atoms. The zero-order valence-corrected chi connectivity index (χ0v) is 12.3. The largest absolute Gasteiger partial charge is 0.465 e. The third kappa shape index (κ3) is 2.03. The second-order valence-corrected chi connectivity index (χ2v) is 6.98. The maximum atomic E-state index is 12.1. The molecule has 0 amide bonds. The molecule has 4 unspecified atom stereocenters. The molecule has 0 aromatic rings. The highest BCUT2D eigenvalue weighted by Gasteiger charge is 2.61. The van der Waals surface area contributed by atoms with Gasteiger partial charge in [-0.1, -0.05) is 6.92 Å². The fourth-order valence-electron chi connectivity index (χ4n) is 3.34. The maximum absolute atomic E-state index is 12.1. The minimum atomic E-state index is -0.452. The van der Waals surface area contributed by atoms with Crippen LogP contribution in [0, 0.1) is 10.8 Å². The Hall–Kier alpha value is -1.10. The lowest BCUT2D eigenvalue weighted by molar-refractivity contribution is -0.162. The van der Waals surface area contributed by atoms with Crippen molar-refractivity contribution in [3.05, 3.63) is 0 Å². The van der Waals surface area contributed by atoms with Crippen LogP contribution in [-0.4, -0.2) is 36.9 Å². The van der Waals surface area contributed by atoms with Crippen molar-refractivity contribution in [2.75, 3.05) is 6.61 Å². The van der Waals surface area contributed by atoms with Crippen LogP contribution in [0.2, 0.25) is 0 Å². The summed E-state index contributed by atoms with van der Waals surface area (Å²) in [6.45, 7) is 6.23. The van der Waals surface area contributed by atoms with Gasteiger partial charge >= 0.3 is 11.9 Å². The Morgan fingerprint density at radius 1 is 1.50 bits per heavy atom. The number of hydrogen-bond donors (Lipinski definition) is 0. The van der Waals surface area contributed by atoms with Crippen LogP contribution in [0.1, 0.15) is 46.5 Å². The molecular formula is C15H22O5. The van der Waals surface area contributed by atoms with E-state index in [0.29, 0.717) is 19.4 Å². The average Bonchev–Trinajstić information content (AvgIpc) is 3.05. The predicted molar refractivity (Wildman–Crippen MR) is 69.9 cm³/mol. The van der Waals surface area contributed by atoms with E-state index >= 15 is 0 Å². The number of fused-ring (bicyclic) bond motifs is 3. The van der Waals surface area contributed by atoms with Gasteiger partial charge in [0.15, 0.2) is 0 Å². The van der Waals surface area contributed by atoms with Gasteiger partial charge in [-0.2, -0.15) is 0 Å². The number of esters is 2. The van der Waals surface area contributed by atoms with Crippen LogP contribution < -0.4 is 0 Å². The van der Waals surface area contributed by atoms with E-state index in [1.165, 1.54) is 0 Å². The zero-order chi connectivity index (χ0) is 14.5. The SMILES string of the molecule is CCC(C)(C)C(=O)OC1CC2OC1CC21COC(=O)C1. The number of ether oxygens (including phenoxy) is 3. The quantitative estimate of drug-likeness (QED) is 0.739. The highest BCUT2D eigenvalue weighted by atomic mass is 16.6. The molecule has 0 aromatic carbocycles. The Bertz CT molecular complexity index is 444. The molecule has 0 aromatic heterocycles. The van der Waals surface area contributed by atoms with E-state index in [1.807, 2.05) is 20.8 Å². The lowest BCUT2D eigenvalue weighted by Gasteiger charge is -2.32. The molecule has 0 saturated carbocycles. The molecule has 3 fully saturated rings. The molecule has 2 bridgehead atoms. The second kappa shape index (κ2) is 4.45. The first-order valence-corrected chi connectivity index (χ1v) is 7.38. The standard InChI is InChI=1S/C15H22O5/c1-4-14(2,3)13(17)20-9-5-11-15(6-10(9)19-11)7-12(16)18-8-15/h9-11H,4-8H2,1-3H3. The molecular weight excluding hydrogens is 260 g/mol. The zero-order valence-electron chi connectivity index (χ0n) is 12.3. The first-order valence-electron chi connectivity index (χ1n) is 7.38. The lowest BCUT2D eigenvalue weighted by Crippen LogP contribution is -2.41. The average molecular weight is 282 g/mol. The molecule has 5 heteroatoms. The predicted octanol–water partition coefficient (Wildman–Crippen LogP) is 1.83. The van der Waals surface area contributed by atoms with Crippen LogP contribution in [-0.2, 0) is 23.8 Å². The molecule has 3 saturated heterocycles. The van der Waals surface area contributed by atoms with Crippen molar-refractivity contribution in [2.45, 2.75) is 64.8 Å². The summed E-state index contributed by atoms with van der Waals surface area (Å²) >= 11 is 0. The summed E-state index contributed by atoms with van der Waals surface area (Å²) in [7, 11) is 0. The topological polar surface area (TPSA) is 61.8 Å². The van der Waals surface area contributed by atoms with Crippen molar-refractivity contribution in [1.82, 2.24) is 0 Å². The lowest BCUT2D eigenvalue weighted by atomic mass is 9.72. The summed E-state index contributed by atoms with van der Waals surface area (Å²) in [5.41, 5.74) is -0.614. The van der Waals surface area contributed by atoms with E-state index in [9.17, 15) is 9.59 Å². The van der Waals surface area contributed by atoms with E-state index in [0.717, 1.165) is 12.8 Å². The fraction of sp³-hybridized carbons (Fsp3) is 0.867. The molecule has 112 valence electrons. The van der Waals surface area contributed by atoms with Crippen molar-refractivity contribution in [2.24, 2.45) is 10.8 Å². The highest BCUT2D eigenvalue weighted by molar-refractivity contribution is 5.76. The monoisotopic (exact) mass is 282 g/mol. The summed E-state index contributed by atoms with van der Waals surface area (Å²) in [6, 6.07) is 0. The van der Waals surface area contributed by atoms with Gasteiger partial charge in [0, 0.05) is 11.8 Å². The highest BCUT2D eigenvalue weighted by Crippen LogP contribution is 2.53. The second-order valence-electron chi connectivity index (χ2n) is 6.98. The van der Waals surface area contributed by atoms with E-state index in [-0.39, 0.29) is 35.7 Å². The Balaban J connectivity index is 1.62. The molecule has 4 atom stereocenters. The molecule has 20 heavy (non-hydrogen) atoms. The van der Waals surface area contributed by atoms with Crippen LogP contribution in [0.15, 0.2) is 0 Å². The molecule has 3 aliphatic heterocycles.